The van der Waals surface area contributed by atoms with Crippen LogP contribution in [-0.4, -0.2) is 37.6 Å². The minimum Gasteiger partial charge on any atom is -0.315 e. The average molecular weight is 288 g/mol. The molecular formula is C19H32N2. The molecule has 1 fully saturated rings. The Morgan fingerprint density at radius 2 is 1.90 bits per heavy atom. The van der Waals surface area contributed by atoms with Crippen LogP contribution < -0.4 is 5.32 Å². The van der Waals surface area contributed by atoms with Crippen LogP contribution >= 0.6 is 0 Å². The SMILES string of the molecule is CCCCCN(C)C1CC(c2ccccc2)CCC1NC. The lowest BCUT2D eigenvalue weighted by Gasteiger charge is -2.41. The van der Waals surface area contributed by atoms with Gasteiger partial charge in [-0.15, -0.1) is 0 Å². The molecule has 1 N–H and O–H groups in total. The molecule has 3 atom stereocenters. The molecule has 1 saturated carbocycles. The molecule has 2 nitrogen and oxygen atoms in total. The first kappa shape index (κ1) is 16.5. The molecule has 0 heterocycles. The van der Waals surface area contributed by atoms with Crippen molar-refractivity contribution in [2.75, 3.05) is 20.6 Å². The summed E-state index contributed by atoms with van der Waals surface area (Å²) in [5.41, 5.74) is 1.53. The third kappa shape index (κ3) is 4.55. The van der Waals surface area contributed by atoms with Crippen molar-refractivity contribution < 1.29 is 0 Å². The molecule has 21 heavy (non-hydrogen) atoms. The maximum absolute atomic E-state index is 3.56. The second kappa shape index (κ2) is 8.55. The second-order valence-corrected chi connectivity index (χ2v) is 6.57. The van der Waals surface area contributed by atoms with Gasteiger partial charge in [-0.1, -0.05) is 50.1 Å². The lowest BCUT2D eigenvalue weighted by molar-refractivity contribution is 0.140. The van der Waals surface area contributed by atoms with Crippen molar-refractivity contribution in [3.8, 4) is 0 Å². The molecule has 1 aliphatic rings. The molecule has 2 heteroatoms. The van der Waals surface area contributed by atoms with Crippen molar-refractivity contribution in [1.82, 2.24) is 10.2 Å². The molecule has 1 aromatic carbocycles. The summed E-state index contributed by atoms with van der Waals surface area (Å²) in [6, 6.07) is 12.4. The van der Waals surface area contributed by atoms with Gasteiger partial charge in [0, 0.05) is 12.1 Å². The summed E-state index contributed by atoms with van der Waals surface area (Å²) >= 11 is 0. The van der Waals surface area contributed by atoms with E-state index < -0.39 is 0 Å². The molecule has 0 aromatic heterocycles. The number of nitrogens with zero attached hydrogens (tertiary/aromatic N) is 1. The van der Waals surface area contributed by atoms with Crippen LogP contribution in [0.1, 0.15) is 56.9 Å². The number of rotatable bonds is 7. The summed E-state index contributed by atoms with van der Waals surface area (Å²) in [6.07, 6.45) is 7.88. The van der Waals surface area contributed by atoms with Crippen molar-refractivity contribution in [3.05, 3.63) is 35.9 Å². The first-order valence-electron chi connectivity index (χ1n) is 8.68. The Labute approximate surface area is 130 Å². The molecule has 0 aliphatic heterocycles. The molecule has 0 saturated heterocycles. The minimum atomic E-state index is 0.650. The maximum Gasteiger partial charge on any atom is 0.0252 e. The van der Waals surface area contributed by atoms with E-state index in [0.717, 1.165) is 5.92 Å². The van der Waals surface area contributed by atoms with E-state index in [1.54, 1.807) is 0 Å². The molecule has 0 radical (unpaired) electrons. The standard InChI is InChI=1S/C19H32N2/c1-4-5-9-14-21(3)19-15-17(12-13-18(19)20-2)16-10-7-6-8-11-16/h6-8,10-11,17-20H,4-5,9,12-15H2,1-3H3. The van der Waals surface area contributed by atoms with Crippen LogP contribution in [0.2, 0.25) is 0 Å². The topological polar surface area (TPSA) is 15.3 Å². The van der Waals surface area contributed by atoms with Gasteiger partial charge in [-0.05, 0) is 57.8 Å². The molecule has 1 aliphatic carbocycles. The molecule has 2 rings (SSSR count). The van der Waals surface area contributed by atoms with E-state index in [4.69, 9.17) is 0 Å². The quantitative estimate of drug-likeness (QED) is 0.762. The van der Waals surface area contributed by atoms with Gasteiger partial charge in [0.05, 0.1) is 0 Å². The van der Waals surface area contributed by atoms with Crippen molar-refractivity contribution in [1.29, 1.82) is 0 Å². The van der Waals surface area contributed by atoms with Gasteiger partial charge in [0.15, 0.2) is 0 Å². The van der Waals surface area contributed by atoms with Crippen molar-refractivity contribution in [2.45, 2.75) is 63.5 Å². The van der Waals surface area contributed by atoms with E-state index in [-0.39, 0.29) is 0 Å². The normalized spacial score (nSPS) is 26.2. The highest BCUT2D eigenvalue weighted by Gasteiger charge is 2.32. The number of nitrogens with one attached hydrogen (secondary N) is 1. The van der Waals surface area contributed by atoms with Gasteiger partial charge in [-0.25, -0.2) is 0 Å². The smallest absolute Gasteiger partial charge is 0.0252 e. The van der Waals surface area contributed by atoms with Crippen molar-refractivity contribution in [3.63, 3.8) is 0 Å². The van der Waals surface area contributed by atoms with Crippen molar-refractivity contribution >= 4 is 0 Å². The summed E-state index contributed by atoms with van der Waals surface area (Å²) in [5, 5.41) is 3.56. The lowest BCUT2D eigenvalue weighted by atomic mass is 9.78. The van der Waals surface area contributed by atoms with Crippen LogP contribution in [0.25, 0.3) is 0 Å². The van der Waals surface area contributed by atoms with E-state index in [1.165, 1.54) is 50.6 Å². The highest BCUT2D eigenvalue weighted by molar-refractivity contribution is 5.21. The third-order valence-corrected chi connectivity index (χ3v) is 5.14. The first-order chi connectivity index (χ1) is 10.3. The number of unbranched alkanes of at least 4 members (excludes halogenated alkanes) is 2. The largest absolute Gasteiger partial charge is 0.315 e. The second-order valence-electron chi connectivity index (χ2n) is 6.57. The Morgan fingerprint density at radius 3 is 2.57 bits per heavy atom. The molecule has 0 spiro atoms. The predicted molar refractivity (Wildman–Crippen MR) is 91.8 cm³/mol. The Balaban J connectivity index is 1.98. The van der Waals surface area contributed by atoms with Gasteiger partial charge in [-0.2, -0.15) is 0 Å². The van der Waals surface area contributed by atoms with Crippen LogP contribution in [0, 0.1) is 0 Å². The summed E-state index contributed by atoms with van der Waals surface area (Å²) in [7, 11) is 4.44. The fourth-order valence-corrected chi connectivity index (χ4v) is 3.78. The van der Waals surface area contributed by atoms with E-state index in [9.17, 15) is 0 Å². The number of benzene rings is 1. The van der Waals surface area contributed by atoms with E-state index in [0.29, 0.717) is 12.1 Å². The van der Waals surface area contributed by atoms with Crippen molar-refractivity contribution in [2.24, 2.45) is 0 Å². The zero-order valence-electron chi connectivity index (χ0n) is 14.0. The average Bonchev–Trinajstić information content (AvgIpc) is 2.55. The molecule has 118 valence electrons. The molecule has 1 aromatic rings. The van der Waals surface area contributed by atoms with Crippen LogP contribution in [0.15, 0.2) is 30.3 Å². The van der Waals surface area contributed by atoms with Gasteiger partial charge >= 0.3 is 0 Å². The zero-order chi connectivity index (χ0) is 15.1. The van der Waals surface area contributed by atoms with Crippen LogP contribution in [0.4, 0.5) is 0 Å². The lowest BCUT2D eigenvalue weighted by Crippen LogP contribution is -2.50. The molecule has 0 amide bonds. The van der Waals surface area contributed by atoms with Crippen LogP contribution in [-0.2, 0) is 0 Å². The monoisotopic (exact) mass is 288 g/mol. The van der Waals surface area contributed by atoms with Crippen LogP contribution in [0.5, 0.6) is 0 Å². The summed E-state index contributed by atoms with van der Waals surface area (Å²) < 4.78 is 0. The number of likely N-dealkylation sites (N-methyl/N-ethyl adjacent to an activating group) is 2. The zero-order valence-corrected chi connectivity index (χ0v) is 14.0. The summed E-state index contributed by atoms with van der Waals surface area (Å²) in [5.74, 6) is 0.731. The fourth-order valence-electron chi connectivity index (χ4n) is 3.78. The van der Waals surface area contributed by atoms with E-state index in [1.807, 2.05) is 0 Å². The third-order valence-electron chi connectivity index (χ3n) is 5.14. The predicted octanol–water partition coefficient (Wildman–Crippen LogP) is 4.03. The molecule has 3 unspecified atom stereocenters. The highest BCUT2D eigenvalue weighted by Crippen LogP contribution is 2.34. The minimum absolute atomic E-state index is 0.650. The van der Waals surface area contributed by atoms with Gasteiger partial charge in [0.1, 0.15) is 0 Å². The Morgan fingerprint density at radius 1 is 1.14 bits per heavy atom. The summed E-state index contributed by atoms with van der Waals surface area (Å²) in [4.78, 5) is 2.60. The van der Waals surface area contributed by atoms with Crippen LogP contribution in [0.3, 0.4) is 0 Å². The van der Waals surface area contributed by atoms with Gasteiger partial charge in [-0.3, -0.25) is 0 Å². The Bertz CT molecular complexity index is 390. The fraction of sp³-hybridized carbons (Fsp3) is 0.684. The van der Waals surface area contributed by atoms with E-state index >= 15 is 0 Å². The summed E-state index contributed by atoms with van der Waals surface area (Å²) in [6.45, 7) is 3.51. The van der Waals surface area contributed by atoms with Gasteiger partial charge < -0.3 is 10.2 Å². The number of hydrogen-bond donors (Lipinski definition) is 1. The van der Waals surface area contributed by atoms with Gasteiger partial charge in [0.2, 0.25) is 0 Å². The first-order valence-corrected chi connectivity index (χ1v) is 8.68. The Hall–Kier alpha value is -0.860. The van der Waals surface area contributed by atoms with E-state index in [2.05, 4.69) is 61.6 Å². The number of hydrogen-bond acceptors (Lipinski definition) is 2. The molecular weight excluding hydrogens is 256 g/mol. The van der Waals surface area contributed by atoms with Gasteiger partial charge in [0.25, 0.3) is 0 Å². The molecule has 0 bridgehead atoms. The Kier molecular flexibility index (Phi) is 6.72. The maximum atomic E-state index is 3.56. The highest BCUT2D eigenvalue weighted by atomic mass is 15.2.